The van der Waals surface area contributed by atoms with Crippen LogP contribution in [0.5, 0.6) is 0 Å². The standard InChI is InChI=1S/C19H16N6O3S/c1-25-16-17(22-14-7-2-11(18(27)28)10-15(14)21-16)29-19(25)24-23-13-5-3-12(4-6-13)20-8-9-26/h2-7,10,26H,8-9H2,1H3,(H,27,28)/p+1. The number of carbonyl (C=O) groups is 1. The van der Waals surface area contributed by atoms with Crippen molar-refractivity contribution in [2.24, 2.45) is 17.3 Å². The molecule has 0 spiro atoms. The van der Waals surface area contributed by atoms with Crippen molar-refractivity contribution in [3.63, 3.8) is 0 Å². The van der Waals surface area contributed by atoms with Gasteiger partial charge in [-0.1, -0.05) is 10.1 Å². The maximum absolute atomic E-state index is 11.2. The number of hydrogen-bond acceptors (Lipinski definition) is 8. The highest BCUT2D eigenvalue weighted by atomic mass is 32.1. The molecule has 0 aliphatic heterocycles. The Kier molecular flexibility index (Phi) is 5.10. The Hall–Kier alpha value is -3.50. The predicted molar refractivity (Wildman–Crippen MR) is 109 cm³/mol. The van der Waals surface area contributed by atoms with E-state index in [0.717, 1.165) is 5.69 Å². The molecule has 0 atom stereocenters. The highest BCUT2D eigenvalue weighted by molar-refractivity contribution is 7.20. The summed E-state index contributed by atoms with van der Waals surface area (Å²) in [7, 11) is 1.82. The lowest BCUT2D eigenvalue weighted by atomic mass is 10.2. The minimum atomic E-state index is -1.00. The molecule has 0 bridgehead atoms. The molecule has 0 aliphatic carbocycles. The maximum atomic E-state index is 11.2. The van der Waals surface area contributed by atoms with Crippen LogP contribution in [0.2, 0.25) is 0 Å². The minimum absolute atomic E-state index is 0.0681. The van der Waals surface area contributed by atoms with Crippen molar-refractivity contribution in [3.05, 3.63) is 48.0 Å². The highest BCUT2D eigenvalue weighted by Crippen LogP contribution is 2.27. The first-order valence-electron chi connectivity index (χ1n) is 8.75. The summed E-state index contributed by atoms with van der Waals surface area (Å²) in [5, 5.41) is 30.3. The third kappa shape index (κ3) is 3.89. The van der Waals surface area contributed by atoms with Gasteiger partial charge in [-0.3, -0.25) is 0 Å². The topological polar surface area (TPSA) is 124 Å². The zero-order chi connectivity index (χ0) is 20.4. The van der Waals surface area contributed by atoms with E-state index in [-0.39, 0.29) is 12.2 Å². The molecule has 2 aromatic heterocycles. The highest BCUT2D eigenvalue weighted by Gasteiger charge is 2.19. The third-order valence-corrected chi connectivity index (χ3v) is 5.22. The molecule has 2 aromatic carbocycles. The van der Waals surface area contributed by atoms with Crippen molar-refractivity contribution < 1.29 is 19.6 Å². The van der Waals surface area contributed by atoms with Gasteiger partial charge in [0.2, 0.25) is 0 Å². The second-order valence-electron chi connectivity index (χ2n) is 6.20. The first-order valence-corrected chi connectivity index (χ1v) is 9.57. The normalized spacial score (nSPS) is 11.5. The number of hydrogen-bond donors (Lipinski definition) is 3. The monoisotopic (exact) mass is 409 g/mol. The van der Waals surface area contributed by atoms with Crippen LogP contribution in [0, 0.1) is 0 Å². The van der Waals surface area contributed by atoms with Crippen molar-refractivity contribution in [2.45, 2.75) is 0 Å². The molecule has 0 fully saturated rings. The summed E-state index contributed by atoms with van der Waals surface area (Å²) in [4.78, 5) is 21.0. The lowest BCUT2D eigenvalue weighted by Crippen LogP contribution is -2.26. The number of aromatic carboxylic acids is 1. The number of rotatable bonds is 6. The first kappa shape index (κ1) is 18.8. The maximum Gasteiger partial charge on any atom is 0.347 e. The molecule has 10 heteroatoms. The van der Waals surface area contributed by atoms with Crippen molar-refractivity contribution >= 4 is 55.3 Å². The van der Waals surface area contributed by atoms with Crippen LogP contribution in [-0.4, -0.2) is 39.3 Å². The van der Waals surface area contributed by atoms with E-state index in [2.05, 4.69) is 25.5 Å². The quantitative estimate of drug-likeness (QED) is 0.332. The molecule has 4 aromatic rings. The number of carboxylic acid groups (broad SMARTS) is 1. The van der Waals surface area contributed by atoms with Crippen molar-refractivity contribution in [1.82, 2.24) is 9.97 Å². The first-order chi connectivity index (χ1) is 14.0. The van der Waals surface area contributed by atoms with Crippen LogP contribution < -0.4 is 9.88 Å². The van der Waals surface area contributed by atoms with Crippen molar-refractivity contribution in [1.29, 1.82) is 0 Å². The molecule has 0 amide bonds. The molecule has 0 radical (unpaired) electrons. The molecular formula is C19H17N6O3S+. The Morgan fingerprint density at radius 2 is 1.93 bits per heavy atom. The van der Waals surface area contributed by atoms with Gasteiger partial charge in [-0.15, -0.1) is 0 Å². The number of nitrogens with one attached hydrogen (secondary N) is 1. The van der Waals surface area contributed by atoms with Crippen LogP contribution >= 0.6 is 11.3 Å². The fourth-order valence-corrected chi connectivity index (χ4v) is 3.62. The van der Waals surface area contributed by atoms with Gasteiger partial charge in [0.05, 0.1) is 19.2 Å². The van der Waals surface area contributed by atoms with Gasteiger partial charge in [0.25, 0.3) is 0 Å². The molecule has 3 N–H and O–H groups in total. The smallest absolute Gasteiger partial charge is 0.347 e. The number of anilines is 1. The van der Waals surface area contributed by atoms with Crippen LogP contribution in [0.25, 0.3) is 21.5 Å². The second-order valence-corrected chi connectivity index (χ2v) is 7.16. The third-order valence-electron chi connectivity index (χ3n) is 4.21. The van der Waals surface area contributed by atoms with Crippen LogP contribution in [0.3, 0.4) is 0 Å². The van der Waals surface area contributed by atoms with Gasteiger partial charge in [-0.05, 0) is 53.8 Å². The van der Waals surface area contributed by atoms with Gasteiger partial charge in [0.1, 0.15) is 11.2 Å². The Morgan fingerprint density at radius 1 is 1.14 bits per heavy atom. The van der Waals surface area contributed by atoms with Gasteiger partial charge in [0.15, 0.2) is 10.3 Å². The molecule has 4 rings (SSSR count). The summed E-state index contributed by atoms with van der Waals surface area (Å²) in [6, 6.07) is 12.1. The summed E-state index contributed by atoms with van der Waals surface area (Å²) >= 11 is 1.36. The molecule has 29 heavy (non-hydrogen) atoms. The number of carboxylic acids is 1. The zero-order valence-corrected chi connectivity index (χ0v) is 16.2. The summed E-state index contributed by atoms with van der Waals surface area (Å²) in [5.41, 5.74) is 3.50. The largest absolute Gasteiger partial charge is 0.478 e. The van der Waals surface area contributed by atoms with Gasteiger partial charge in [-0.2, -0.15) is 0 Å². The number of nitrogens with zero attached hydrogens (tertiary/aromatic N) is 5. The van der Waals surface area contributed by atoms with Gasteiger partial charge < -0.3 is 15.5 Å². The number of aromatic nitrogens is 3. The summed E-state index contributed by atoms with van der Waals surface area (Å²) < 4.78 is 1.78. The average molecular weight is 409 g/mol. The summed E-state index contributed by atoms with van der Waals surface area (Å²) in [6.45, 7) is 0.555. The predicted octanol–water partition coefficient (Wildman–Crippen LogP) is 3.19. The number of aryl methyl sites for hydroxylation is 1. The van der Waals surface area contributed by atoms with Crippen LogP contribution in [0.4, 0.5) is 16.5 Å². The number of aliphatic hydroxyl groups is 1. The second kappa shape index (κ2) is 7.86. The number of aliphatic hydroxyl groups excluding tert-OH is 1. The number of fused-ring (bicyclic) bond motifs is 2. The van der Waals surface area contributed by atoms with E-state index < -0.39 is 5.97 Å². The average Bonchev–Trinajstić information content (AvgIpc) is 3.04. The SMILES string of the molecule is C[n+]1c(N=Nc2ccc(NCCO)cc2)sc2nc3ccc(C(=O)O)cc3nc21. The molecular weight excluding hydrogens is 392 g/mol. The lowest BCUT2D eigenvalue weighted by Gasteiger charge is -2.02. The zero-order valence-electron chi connectivity index (χ0n) is 15.4. The van der Waals surface area contributed by atoms with Crippen LogP contribution in [0.15, 0.2) is 52.7 Å². The Morgan fingerprint density at radius 3 is 2.66 bits per heavy atom. The minimum Gasteiger partial charge on any atom is -0.478 e. The molecule has 0 unspecified atom stereocenters. The Labute approximate surface area is 169 Å². The van der Waals surface area contributed by atoms with Crippen LogP contribution in [-0.2, 0) is 7.05 Å². The Bertz CT molecular complexity index is 1240. The van der Waals surface area contributed by atoms with Gasteiger partial charge >= 0.3 is 16.7 Å². The number of azo groups is 1. The van der Waals surface area contributed by atoms with E-state index in [9.17, 15) is 4.79 Å². The van der Waals surface area contributed by atoms with E-state index in [4.69, 9.17) is 10.2 Å². The molecule has 2 heterocycles. The molecule has 0 aliphatic rings. The summed E-state index contributed by atoms with van der Waals surface area (Å²) in [6.07, 6.45) is 0. The Balaban J connectivity index is 1.65. The van der Waals surface area contributed by atoms with E-state index in [1.807, 2.05) is 31.3 Å². The summed E-state index contributed by atoms with van der Waals surface area (Å²) in [5.74, 6) is -1.00. The van der Waals surface area contributed by atoms with Crippen LogP contribution in [0.1, 0.15) is 10.4 Å². The lowest BCUT2D eigenvalue weighted by molar-refractivity contribution is -0.629. The van der Waals surface area contributed by atoms with Crippen molar-refractivity contribution in [2.75, 3.05) is 18.5 Å². The van der Waals surface area contributed by atoms with E-state index in [1.165, 1.54) is 23.5 Å². The molecule has 146 valence electrons. The van der Waals surface area contributed by atoms with Crippen molar-refractivity contribution in [3.8, 4) is 0 Å². The molecule has 0 saturated heterocycles. The fourth-order valence-electron chi connectivity index (χ4n) is 2.73. The van der Waals surface area contributed by atoms with E-state index >= 15 is 0 Å². The van der Waals surface area contributed by atoms with Gasteiger partial charge in [0, 0.05) is 17.3 Å². The van der Waals surface area contributed by atoms with E-state index in [1.54, 1.807) is 10.6 Å². The number of thiazole rings is 1. The fraction of sp³-hybridized carbons (Fsp3) is 0.158. The molecule has 9 nitrogen and oxygen atoms in total. The number of benzene rings is 2. The molecule has 0 saturated carbocycles. The van der Waals surface area contributed by atoms with Gasteiger partial charge in [-0.25, -0.2) is 14.3 Å². The van der Waals surface area contributed by atoms with E-state index in [0.29, 0.717) is 38.9 Å².